The Morgan fingerprint density at radius 1 is 1.33 bits per heavy atom. The third kappa shape index (κ3) is 2.96. The van der Waals surface area contributed by atoms with Gasteiger partial charge in [0.1, 0.15) is 0 Å². The van der Waals surface area contributed by atoms with Crippen LogP contribution in [0.3, 0.4) is 0 Å². The highest BCUT2D eigenvalue weighted by molar-refractivity contribution is 7.92. The molecular weight excluding hydrogens is 288 g/mol. The van der Waals surface area contributed by atoms with Gasteiger partial charge in [-0.15, -0.1) is 0 Å². The molecule has 5 nitrogen and oxygen atoms in total. The lowest BCUT2D eigenvalue weighted by Gasteiger charge is -2.30. The minimum absolute atomic E-state index is 0.117. The van der Waals surface area contributed by atoms with Gasteiger partial charge in [-0.05, 0) is 43.9 Å². The molecule has 116 valence electrons. The van der Waals surface area contributed by atoms with Gasteiger partial charge in [-0.1, -0.05) is 12.1 Å². The Hall–Kier alpha value is -1.40. The summed E-state index contributed by atoms with van der Waals surface area (Å²) in [6.07, 6.45) is 2.92. The van der Waals surface area contributed by atoms with Gasteiger partial charge in [0.05, 0.1) is 4.75 Å². The van der Waals surface area contributed by atoms with Crippen LogP contribution in [0.4, 0.5) is 0 Å². The molecule has 1 unspecified atom stereocenters. The smallest absolute Gasteiger partial charge is 0.251 e. The first kappa shape index (κ1) is 16.0. The molecule has 0 saturated carbocycles. The second kappa shape index (κ2) is 5.42. The van der Waals surface area contributed by atoms with Crippen LogP contribution >= 0.6 is 0 Å². The summed E-state index contributed by atoms with van der Waals surface area (Å²) < 4.78 is 22.7. The van der Waals surface area contributed by atoms with E-state index in [1.807, 2.05) is 12.1 Å². The zero-order chi connectivity index (χ0) is 15.8. The van der Waals surface area contributed by atoms with Crippen LogP contribution in [0, 0.1) is 0 Å². The number of carbonyl (C=O) groups is 1. The van der Waals surface area contributed by atoms with E-state index in [2.05, 4.69) is 5.32 Å². The average molecular weight is 310 g/mol. The summed E-state index contributed by atoms with van der Waals surface area (Å²) in [5.74, 6) is -0.117. The lowest BCUT2D eigenvalue weighted by Crippen LogP contribution is -2.42. The van der Waals surface area contributed by atoms with Gasteiger partial charge >= 0.3 is 0 Å². The monoisotopic (exact) mass is 310 g/mol. The predicted molar refractivity (Wildman–Crippen MR) is 82.9 cm³/mol. The molecule has 0 fully saturated rings. The van der Waals surface area contributed by atoms with Gasteiger partial charge in [-0.25, -0.2) is 8.42 Å². The highest BCUT2D eigenvalue weighted by Crippen LogP contribution is 2.31. The van der Waals surface area contributed by atoms with E-state index in [-0.39, 0.29) is 5.91 Å². The van der Waals surface area contributed by atoms with E-state index in [1.54, 1.807) is 19.9 Å². The number of rotatable bonds is 3. The van der Waals surface area contributed by atoms with E-state index in [0.29, 0.717) is 17.7 Å². The molecule has 0 aromatic heterocycles. The molecule has 1 atom stereocenters. The average Bonchev–Trinajstić information content (AvgIpc) is 2.58. The molecule has 2 rings (SSSR count). The maximum Gasteiger partial charge on any atom is 0.251 e. The highest BCUT2D eigenvalue weighted by Gasteiger charge is 2.38. The lowest BCUT2D eigenvalue weighted by atomic mass is 9.92. The number of carbonyl (C=O) groups excluding carboxylic acids is 1. The van der Waals surface area contributed by atoms with Gasteiger partial charge in [0, 0.05) is 24.4 Å². The number of aryl methyl sites for hydroxylation is 1. The van der Waals surface area contributed by atoms with Crippen LogP contribution in [0.2, 0.25) is 0 Å². The van der Waals surface area contributed by atoms with Crippen molar-refractivity contribution in [2.45, 2.75) is 37.5 Å². The standard InChI is InChI=1S/C15H22N2O3S/c1-15(2,21(3,19)20)13(16)11-7-6-10-5-4-8-17-14(18)12(10)9-11/h6-7,9,13H,4-5,8,16H2,1-3H3,(H,17,18). The number of nitrogens with one attached hydrogen (secondary N) is 1. The minimum atomic E-state index is -3.32. The second-order valence-electron chi connectivity index (χ2n) is 6.13. The summed E-state index contributed by atoms with van der Waals surface area (Å²) in [4.78, 5) is 12.1. The fraction of sp³-hybridized carbons (Fsp3) is 0.533. The van der Waals surface area contributed by atoms with E-state index in [9.17, 15) is 13.2 Å². The Kier molecular flexibility index (Phi) is 4.13. The number of sulfone groups is 1. The van der Waals surface area contributed by atoms with Gasteiger partial charge < -0.3 is 11.1 Å². The van der Waals surface area contributed by atoms with Crippen molar-refractivity contribution in [1.29, 1.82) is 0 Å². The molecule has 0 radical (unpaired) electrons. The molecule has 3 N–H and O–H groups in total. The van der Waals surface area contributed by atoms with E-state index in [4.69, 9.17) is 5.73 Å². The van der Waals surface area contributed by atoms with Crippen molar-refractivity contribution in [2.24, 2.45) is 5.73 Å². The van der Waals surface area contributed by atoms with E-state index < -0.39 is 20.6 Å². The van der Waals surface area contributed by atoms with Crippen molar-refractivity contribution < 1.29 is 13.2 Å². The van der Waals surface area contributed by atoms with Crippen LogP contribution in [-0.4, -0.2) is 31.9 Å². The molecule has 0 bridgehead atoms. The van der Waals surface area contributed by atoms with Crippen molar-refractivity contribution in [3.63, 3.8) is 0 Å². The van der Waals surface area contributed by atoms with Crippen molar-refractivity contribution >= 4 is 15.7 Å². The molecule has 21 heavy (non-hydrogen) atoms. The van der Waals surface area contributed by atoms with E-state index >= 15 is 0 Å². The van der Waals surface area contributed by atoms with Crippen LogP contribution in [0.25, 0.3) is 0 Å². The van der Waals surface area contributed by atoms with Crippen LogP contribution in [-0.2, 0) is 16.3 Å². The number of nitrogens with two attached hydrogens (primary N) is 1. The van der Waals surface area contributed by atoms with Gasteiger partial charge in [0.2, 0.25) is 0 Å². The zero-order valence-electron chi connectivity index (χ0n) is 12.6. The molecule has 0 spiro atoms. The quantitative estimate of drug-likeness (QED) is 0.877. The number of hydrogen-bond acceptors (Lipinski definition) is 4. The summed E-state index contributed by atoms with van der Waals surface area (Å²) in [6, 6.07) is 4.75. The maximum absolute atomic E-state index is 12.1. The summed E-state index contributed by atoms with van der Waals surface area (Å²) in [5.41, 5.74) is 8.42. The third-order valence-corrected chi connectivity index (χ3v) is 6.52. The molecule has 1 aliphatic rings. The van der Waals surface area contributed by atoms with Crippen molar-refractivity contribution in [2.75, 3.05) is 12.8 Å². The van der Waals surface area contributed by atoms with Crippen LogP contribution in [0.5, 0.6) is 0 Å². The lowest BCUT2D eigenvalue weighted by molar-refractivity contribution is 0.0956. The van der Waals surface area contributed by atoms with E-state index in [1.165, 1.54) is 6.26 Å². The first-order valence-corrected chi connectivity index (χ1v) is 8.90. The molecule has 0 saturated heterocycles. The van der Waals surface area contributed by atoms with E-state index in [0.717, 1.165) is 18.4 Å². The first-order chi connectivity index (χ1) is 9.64. The largest absolute Gasteiger partial charge is 0.352 e. The molecular formula is C15H22N2O3S. The molecule has 0 aliphatic carbocycles. The molecule has 6 heteroatoms. The Balaban J connectivity index is 2.45. The summed E-state index contributed by atoms with van der Waals surface area (Å²) in [5, 5.41) is 2.84. The fourth-order valence-electron chi connectivity index (χ4n) is 2.42. The molecule has 1 amide bonds. The Bertz CT molecular complexity index is 665. The first-order valence-electron chi connectivity index (χ1n) is 7.01. The maximum atomic E-state index is 12.1. The predicted octanol–water partition coefficient (Wildman–Crippen LogP) is 1.19. The SMILES string of the molecule is CC(C)(C(N)c1ccc2c(c1)C(=O)NCCC2)S(C)(=O)=O. The summed E-state index contributed by atoms with van der Waals surface area (Å²) >= 11 is 0. The Morgan fingerprint density at radius 2 is 2.00 bits per heavy atom. The third-order valence-electron chi connectivity index (χ3n) is 4.35. The number of fused-ring (bicyclic) bond motifs is 1. The van der Waals surface area contributed by atoms with Gasteiger partial charge in [-0.2, -0.15) is 0 Å². The number of benzene rings is 1. The Morgan fingerprint density at radius 3 is 2.62 bits per heavy atom. The summed E-state index contributed by atoms with van der Waals surface area (Å²) in [6.45, 7) is 3.88. The molecule has 1 aromatic rings. The van der Waals surface area contributed by atoms with Gasteiger partial charge in [-0.3, -0.25) is 4.79 Å². The normalized spacial score (nSPS) is 17.6. The van der Waals surface area contributed by atoms with Crippen LogP contribution in [0.15, 0.2) is 18.2 Å². The summed E-state index contributed by atoms with van der Waals surface area (Å²) in [7, 11) is -3.32. The molecule has 1 aliphatic heterocycles. The van der Waals surface area contributed by atoms with Crippen molar-refractivity contribution in [1.82, 2.24) is 5.32 Å². The minimum Gasteiger partial charge on any atom is -0.352 e. The fourth-order valence-corrected chi connectivity index (χ4v) is 3.02. The Labute approximate surface area is 125 Å². The topological polar surface area (TPSA) is 89.3 Å². The zero-order valence-corrected chi connectivity index (χ0v) is 13.5. The van der Waals surface area contributed by atoms with Crippen LogP contribution < -0.4 is 11.1 Å². The van der Waals surface area contributed by atoms with Crippen molar-refractivity contribution in [3.8, 4) is 0 Å². The van der Waals surface area contributed by atoms with Gasteiger partial charge in [0.15, 0.2) is 9.84 Å². The molecule has 1 aromatic carbocycles. The van der Waals surface area contributed by atoms with Crippen LogP contribution in [0.1, 0.15) is 47.8 Å². The highest BCUT2D eigenvalue weighted by atomic mass is 32.2. The van der Waals surface area contributed by atoms with Gasteiger partial charge in [0.25, 0.3) is 5.91 Å². The number of hydrogen-bond donors (Lipinski definition) is 2. The number of amides is 1. The van der Waals surface area contributed by atoms with Crippen molar-refractivity contribution in [3.05, 3.63) is 34.9 Å². The second-order valence-corrected chi connectivity index (χ2v) is 8.73. The molecule has 1 heterocycles.